The van der Waals surface area contributed by atoms with E-state index in [-0.39, 0.29) is 17.3 Å². The molecule has 0 fully saturated rings. The number of methoxy groups -OCH3 is 1. The van der Waals surface area contributed by atoms with Gasteiger partial charge < -0.3 is 14.8 Å². The number of H-pyrrole nitrogens is 1. The molecule has 0 amide bonds. The minimum Gasteiger partial charge on any atom is -0.508 e. The van der Waals surface area contributed by atoms with Gasteiger partial charge in [0.25, 0.3) is 0 Å². The van der Waals surface area contributed by atoms with Crippen molar-refractivity contribution < 1.29 is 19.0 Å². The van der Waals surface area contributed by atoms with Crippen molar-refractivity contribution >= 4 is 27.8 Å². The second kappa shape index (κ2) is 5.59. The highest BCUT2D eigenvalue weighted by atomic mass is 19.1. The maximum atomic E-state index is 13.6. The molecule has 0 aliphatic heterocycles. The Bertz CT molecular complexity index is 1120. The number of phenolic OH excluding ortho intramolecular Hbond substituents is 1. The number of rotatable bonds is 2. The summed E-state index contributed by atoms with van der Waals surface area (Å²) in [6, 6.07) is 12.5. The number of aromatic amines is 1. The summed E-state index contributed by atoms with van der Waals surface area (Å²) in [7, 11) is 1.29. The lowest BCUT2D eigenvalue weighted by molar-refractivity contribution is 0.0594. The number of ether oxygens (including phenoxy) is 1. The van der Waals surface area contributed by atoms with Crippen LogP contribution in [0.4, 0.5) is 4.39 Å². The van der Waals surface area contributed by atoms with Crippen LogP contribution in [0.1, 0.15) is 10.5 Å². The molecule has 0 saturated carbocycles. The Morgan fingerprint density at radius 1 is 1.12 bits per heavy atom. The molecule has 0 bridgehead atoms. The van der Waals surface area contributed by atoms with Crippen LogP contribution in [0.5, 0.6) is 5.75 Å². The first-order valence-corrected chi connectivity index (χ1v) is 7.56. The molecule has 0 atom stereocenters. The summed E-state index contributed by atoms with van der Waals surface area (Å²) in [6.45, 7) is 0. The maximum Gasteiger partial charge on any atom is 0.356 e. The van der Waals surface area contributed by atoms with Gasteiger partial charge in [-0.15, -0.1) is 0 Å². The van der Waals surface area contributed by atoms with E-state index >= 15 is 0 Å². The van der Waals surface area contributed by atoms with Gasteiger partial charge in [0.2, 0.25) is 0 Å². The van der Waals surface area contributed by atoms with Crippen LogP contribution in [-0.2, 0) is 4.74 Å². The number of hydrogen-bond donors (Lipinski definition) is 2. The number of benzene rings is 2. The summed E-state index contributed by atoms with van der Waals surface area (Å²) >= 11 is 0. The van der Waals surface area contributed by atoms with Crippen LogP contribution < -0.4 is 0 Å². The highest BCUT2D eigenvalue weighted by Gasteiger charge is 2.17. The monoisotopic (exact) mass is 336 g/mol. The molecule has 0 spiro atoms. The van der Waals surface area contributed by atoms with Gasteiger partial charge in [0.05, 0.1) is 18.3 Å². The van der Waals surface area contributed by atoms with Gasteiger partial charge in [-0.2, -0.15) is 0 Å². The third-order valence-corrected chi connectivity index (χ3v) is 4.09. The van der Waals surface area contributed by atoms with Crippen molar-refractivity contribution in [3.8, 4) is 17.0 Å². The van der Waals surface area contributed by atoms with E-state index in [1.807, 2.05) is 0 Å². The molecule has 6 heteroatoms. The molecule has 5 nitrogen and oxygen atoms in total. The first kappa shape index (κ1) is 15.1. The maximum absolute atomic E-state index is 13.6. The number of carbonyl (C=O) groups excluding carboxylic acids is 1. The van der Waals surface area contributed by atoms with E-state index in [9.17, 15) is 14.3 Å². The van der Waals surface area contributed by atoms with E-state index in [1.54, 1.807) is 24.3 Å². The fourth-order valence-electron chi connectivity index (χ4n) is 2.91. The molecule has 2 aromatic heterocycles. The number of aromatic nitrogens is 2. The third kappa shape index (κ3) is 2.48. The lowest BCUT2D eigenvalue weighted by Gasteiger charge is -2.06. The number of aromatic hydroxyl groups is 1. The van der Waals surface area contributed by atoms with Crippen molar-refractivity contribution in [1.82, 2.24) is 9.97 Å². The number of carbonyl (C=O) groups is 1. The number of nitrogens with zero attached hydrogens (tertiary/aromatic N) is 1. The first-order chi connectivity index (χ1) is 12.1. The molecular formula is C19H13FN2O3. The van der Waals surface area contributed by atoms with Crippen LogP contribution in [0.25, 0.3) is 33.1 Å². The van der Waals surface area contributed by atoms with Crippen LogP contribution in [0.3, 0.4) is 0 Å². The molecule has 2 aromatic carbocycles. The topological polar surface area (TPSA) is 75.2 Å². The first-order valence-electron chi connectivity index (χ1n) is 7.56. The fraction of sp³-hybridized carbons (Fsp3) is 0.0526. The van der Waals surface area contributed by atoms with Gasteiger partial charge in [0, 0.05) is 21.9 Å². The highest BCUT2D eigenvalue weighted by Crippen LogP contribution is 2.33. The number of esters is 1. The summed E-state index contributed by atoms with van der Waals surface area (Å²) in [4.78, 5) is 19.6. The second-order valence-electron chi connectivity index (χ2n) is 5.63. The van der Waals surface area contributed by atoms with Crippen molar-refractivity contribution in [2.75, 3.05) is 7.11 Å². The van der Waals surface area contributed by atoms with Crippen LogP contribution in [-0.4, -0.2) is 28.2 Å². The average Bonchev–Trinajstić information content (AvgIpc) is 2.98. The molecule has 124 valence electrons. The quantitative estimate of drug-likeness (QED) is 0.542. The Hall–Kier alpha value is -3.41. The van der Waals surface area contributed by atoms with Crippen molar-refractivity contribution in [1.29, 1.82) is 0 Å². The molecule has 0 unspecified atom stereocenters. The second-order valence-corrected chi connectivity index (χ2v) is 5.63. The van der Waals surface area contributed by atoms with Crippen LogP contribution in [0, 0.1) is 5.82 Å². The zero-order valence-corrected chi connectivity index (χ0v) is 13.2. The molecule has 0 aliphatic rings. The number of nitrogens with one attached hydrogen (secondary N) is 1. The van der Waals surface area contributed by atoms with Crippen LogP contribution in [0.2, 0.25) is 0 Å². The molecule has 4 rings (SSSR count). The molecule has 0 saturated heterocycles. The lowest BCUT2D eigenvalue weighted by atomic mass is 10.1. The van der Waals surface area contributed by atoms with Crippen LogP contribution in [0.15, 0.2) is 48.5 Å². The van der Waals surface area contributed by atoms with Gasteiger partial charge >= 0.3 is 5.97 Å². The Kier molecular flexibility index (Phi) is 3.39. The minimum atomic E-state index is -0.557. The number of halogens is 1. The van der Waals surface area contributed by atoms with Crippen molar-refractivity contribution in [2.24, 2.45) is 0 Å². The summed E-state index contributed by atoms with van der Waals surface area (Å²) in [5, 5.41) is 11.0. The smallest absolute Gasteiger partial charge is 0.356 e. The van der Waals surface area contributed by atoms with Gasteiger partial charge in [0.15, 0.2) is 0 Å². The highest BCUT2D eigenvalue weighted by molar-refractivity contribution is 6.12. The minimum absolute atomic E-state index is 0.128. The zero-order chi connectivity index (χ0) is 17.6. The number of phenols is 1. The Morgan fingerprint density at radius 3 is 2.60 bits per heavy atom. The zero-order valence-electron chi connectivity index (χ0n) is 13.2. The number of fused-ring (bicyclic) bond motifs is 3. The van der Waals surface area contributed by atoms with E-state index in [0.29, 0.717) is 22.3 Å². The predicted octanol–water partition coefficient (Wildman–Crippen LogP) is 4.01. The Morgan fingerprint density at radius 2 is 1.88 bits per heavy atom. The SMILES string of the molecule is COC(=O)c1cc2c([nH]c3cc(F)ccc32)c(-c2ccc(O)cc2)n1. The number of hydrogen-bond acceptors (Lipinski definition) is 4. The van der Waals surface area contributed by atoms with Gasteiger partial charge in [0.1, 0.15) is 17.3 Å². The molecule has 2 heterocycles. The van der Waals surface area contributed by atoms with E-state index < -0.39 is 5.97 Å². The van der Waals surface area contributed by atoms with E-state index in [4.69, 9.17) is 4.74 Å². The Balaban J connectivity index is 2.09. The summed E-state index contributed by atoms with van der Waals surface area (Å²) in [5.41, 5.74) is 2.68. The largest absolute Gasteiger partial charge is 0.508 e. The average molecular weight is 336 g/mol. The van der Waals surface area contributed by atoms with Gasteiger partial charge in [-0.25, -0.2) is 14.2 Å². The summed E-state index contributed by atoms with van der Waals surface area (Å²) in [6.07, 6.45) is 0. The molecule has 2 N–H and O–H groups in total. The molecule has 4 aromatic rings. The Labute approximate surface area is 141 Å². The van der Waals surface area contributed by atoms with Crippen molar-refractivity contribution in [3.63, 3.8) is 0 Å². The molecule has 0 aliphatic carbocycles. The predicted molar refractivity (Wildman–Crippen MR) is 92.0 cm³/mol. The molecule has 25 heavy (non-hydrogen) atoms. The number of pyridine rings is 1. The molecular weight excluding hydrogens is 323 g/mol. The van der Waals surface area contributed by atoms with E-state index in [2.05, 4.69) is 9.97 Å². The van der Waals surface area contributed by atoms with E-state index in [1.165, 1.54) is 31.4 Å². The molecule has 0 radical (unpaired) electrons. The third-order valence-electron chi connectivity index (χ3n) is 4.09. The van der Waals surface area contributed by atoms with Crippen molar-refractivity contribution in [3.05, 3.63) is 60.0 Å². The van der Waals surface area contributed by atoms with Gasteiger partial charge in [-0.05, 0) is 48.5 Å². The van der Waals surface area contributed by atoms with Crippen molar-refractivity contribution in [2.45, 2.75) is 0 Å². The lowest BCUT2D eigenvalue weighted by Crippen LogP contribution is -2.05. The summed E-state index contributed by atoms with van der Waals surface area (Å²) in [5.74, 6) is -0.785. The van der Waals surface area contributed by atoms with E-state index in [0.717, 1.165) is 10.8 Å². The van der Waals surface area contributed by atoms with Gasteiger partial charge in [-0.1, -0.05) is 0 Å². The summed E-state index contributed by atoms with van der Waals surface area (Å²) < 4.78 is 18.3. The van der Waals surface area contributed by atoms with Crippen LogP contribution >= 0.6 is 0 Å². The fourth-order valence-corrected chi connectivity index (χ4v) is 2.91. The van der Waals surface area contributed by atoms with Gasteiger partial charge in [-0.3, -0.25) is 0 Å². The normalized spacial score (nSPS) is 11.1. The standard InChI is InChI=1S/C19H13FN2O3/c1-25-19(24)16-9-14-13-7-4-11(20)8-15(13)21-18(14)17(22-16)10-2-5-12(23)6-3-10/h2-9,21,23H,1H3.